The van der Waals surface area contributed by atoms with Crippen molar-refractivity contribution >= 4 is 33.5 Å². The highest BCUT2D eigenvalue weighted by Crippen LogP contribution is 2.36. The lowest BCUT2D eigenvalue weighted by molar-refractivity contribution is 0.318. The number of nitrogens with zero attached hydrogens (tertiary/aromatic N) is 1. The third-order valence-electron chi connectivity index (χ3n) is 2.92. The van der Waals surface area contributed by atoms with Crippen LogP contribution in [0.1, 0.15) is 31.2 Å². The Morgan fingerprint density at radius 2 is 2.12 bits per heavy atom. The van der Waals surface area contributed by atoms with Crippen molar-refractivity contribution in [3.63, 3.8) is 0 Å². The number of thioether (sulfide) groups is 1. The van der Waals surface area contributed by atoms with Crippen LogP contribution in [0.4, 0.5) is 0 Å². The topological polar surface area (TPSA) is 58.6 Å². The van der Waals surface area contributed by atoms with Crippen LogP contribution in [0.25, 0.3) is 0 Å². The standard InChI is InChI=1S/C12H15BrN2OS/c13-8-5-6-11(10(7-8)12(14)15-16)17-9-3-1-2-4-9/h5-7,9,16H,1-4H2,(H2,14,15). The molecule has 3 N–H and O–H groups in total. The summed E-state index contributed by atoms with van der Waals surface area (Å²) in [6, 6.07) is 5.91. The summed E-state index contributed by atoms with van der Waals surface area (Å²) in [7, 11) is 0. The molecule has 5 heteroatoms. The minimum Gasteiger partial charge on any atom is -0.409 e. The predicted molar refractivity (Wildman–Crippen MR) is 74.8 cm³/mol. The highest BCUT2D eigenvalue weighted by Gasteiger charge is 2.18. The molecule has 0 saturated heterocycles. The smallest absolute Gasteiger partial charge is 0.171 e. The second-order valence-electron chi connectivity index (χ2n) is 4.15. The number of halogens is 1. The Kier molecular flexibility index (Phi) is 4.34. The number of nitrogens with two attached hydrogens (primary N) is 1. The summed E-state index contributed by atoms with van der Waals surface area (Å²) in [4.78, 5) is 1.09. The number of hydrogen-bond donors (Lipinski definition) is 2. The number of amidine groups is 1. The Hall–Kier alpha value is -0.680. The number of oxime groups is 1. The highest BCUT2D eigenvalue weighted by atomic mass is 79.9. The Labute approximate surface area is 114 Å². The first-order chi connectivity index (χ1) is 8.20. The molecule has 1 aromatic rings. The molecule has 2 rings (SSSR count). The van der Waals surface area contributed by atoms with E-state index in [-0.39, 0.29) is 5.84 Å². The van der Waals surface area contributed by atoms with Crippen molar-refractivity contribution in [3.8, 4) is 0 Å². The van der Waals surface area contributed by atoms with Crippen LogP contribution in [0, 0.1) is 0 Å². The largest absolute Gasteiger partial charge is 0.409 e. The molecule has 3 nitrogen and oxygen atoms in total. The Balaban J connectivity index is 2.25. The average molecular weight is 315 g/mol. The molecular weight excluding hydrogens is 300 g/mol. The summed E-state index contributed by atoms with van der Waals surface area (Å²) in [6.07, 6.45) is 5.15. The van der Waals surface area contributed by atoms with Gasteiger partial charge in [-0.15, -0.1) is 11.8 Å². The molecule has 0 bridgehead atoms. The van der Waals surface area contributed by atoms with Crippen LogP contribution in [0.3, 0.4) is 0 Å². The van der Waals surface area contributed by atoms with Crippen molar-refractivity contribution < 1.29 is 5.21 Å². The minimum absolute atomic E-state index is 0.173. The van der Waals surface area contributed by atoms with Gasteiger partial charge in [0, 0.05) is 20.2 Å². The Bertz CT molecular complexity index is 431. The normalized spacial score (nSPS) is 17.6. The van der Waals surface area contributed by atoms with Crippen molar-refractivity contribution in [1.29, 1.82) is 0 Å². The summed E-state index contributed by atoms with van der Waals surface area (Å²) < 4.78 is 0.940. The molecule has 0 aromatic heterocycles. The van der Waals surface area contributed by atoms with Gasteiger partial charge in [0.1, 0.15) is 0 Å². The summed E-state index contributed by atoms with van der Waals surface area (Å²) in [6.45, 7) is 0. The van der Waals surface area contributed by atoms with Crippen molar-refractivity contribution in [2.24, 2.45) is 10.9 Å². The van der Waals surface area contributed by atoms with Gasteiger partial charge in [0.15, 0.2) is 5.84 Å². The highest BCUT2D eigenvalue weighted by molar-refractivity contribution is 9.10. The van der Waals surface area contributed by atoms with Gasteiger partial charge in [-0.1, -0.05) is 33.9 Å². The molecule has 0 heterocycles. The van der Waals surface area contributed by atoms with E-state index in [1.165, 1.54) is 25.7 Å². The fourth-order valence-electron chi connectivity index (χ4n) is 2.04. The molecule has 92 valence electrons. The number of rotatable bonds is 3. The second-order valence-corrected chi connectivity index (χ2v) is 6.41. The maximum Gasteiger partial charge on any atom is 0.171 e. The van der Waals surface area contributed by atoms with E-state index in [0.717, 1.165) is 14.9 Å². The van der Waals surface area contributed by atoms with E-state index in [4.69, 9.17) is 10.9 Å². The van der Waals surface area contributed by atoms with E-state index in [2.05, 4.69) is 21.1 Å². The zero-order valence-electron chi connectivity index (χ0n) is 9.40. The van der Waals surface area contributed by atoms with Gasteiger partial charge in [-0.2, -0.15) is 0 Å². The molecule has 0 aliphatic heterocycles. The Morgan fingerprint density at radius 1 is 1.41 bits per heavy atom. The van der Waals surface area contributed by atoms with Crippen LogP contribution in [0.15, 0.2) is 32.7 Å². The third kappa shape index (κ3) is 3.16. The zero-order chi connectivity index (χ0) is 12.3. The first-order valence-electron chi connectivity index (χ1n) is 5.65. The van der Waals surface area contributed by atoms with Gasteiger partial charge in [-0.3, -0.25) is 0 Å². The lowest BCUT2D eigenvalue weighted by atomic mass is 10.2. The Morgan fingerprint density at radius 3 is 2.76 bits per heavy atom. The fourth-order valence-corrected chi connectivity index (χ4v) is 3.77. The van der Waals surface area contributed by atoms with E-state index in [1.54, 1.807) is 0 Å². The first kappa shape index (κ1) is 12.8. The van der Waals surface area contributed by atoms with Crippen LogP contribution < -0.4 is 5.73 Å². The number of benzene rings is 1. The van der Waals surface area contributed by atoms with Crippen LogP contribution in [0.2, 0.25) is 0 Å². The monoisotopic (exact) mass is 314 g/mol. The van der Waals surface area contributed by atoms with Gasteiger partial charge in [0.05, 0.1) is 0 Å². The van der Waals surface area contributed by atoms with Gasteiger partial charge in [-0.25, -0.2) is 0 Å². The molecule has 1 saturated carbocycles. The van der Waals surface area contributed by atoms with Crippen LogP contribution in [0.5, 0.6) is 0 Å². The molecule has 0 spiro atoms. The van der Waals surface area contributed by atoms with E-state index in [0.29, 0.717) is 5.25 Å². The summed E-state index contributed by atoms with van der Waals surface area (Å²) >= 11 is 5.24. The summed E-state index contributed by atoms with van der Waals surface area (Å²) in [5, 5.41) is 12.6. The SMILES string of the molecule is N/C(=N/O)c1cc(Br)ccc1SC1CCCC1. The maximum atomic E-state index is 8.80. The molecule has 1 aliphatic rings. The number of hydrogen-bond acceptors (Lipinski definition) is 3. The average Bonchev–Trinajstić information content (AvgIpc) is 2.83. The minimum atomic E-state index is 0.173. The van der Waals surface area contributed by atoms with E-state index < -0.39 is 0 Å². The van der Waals surface area contributed by atoms with Gasteiger partial charge >= 0.3 is 0 Å². The molecule has 1 fully saturated rings. The molecular formula is C12H15BrN2OS. The lowest BCUT2D eigenvalue weighted by Crippen LogP contribution is -2.14. The fraction of sp³-hybridized carbons (Fsp3) is 0.417. The molecule has 0 atom stereocenters. The van der Waals surface area contributed by atoms with Gasteiger partial charge < -0.3 is 10.9 Å². The van der Waals surface area contributed by atoms with Gasteiger partial charge in [0.25, 0.3) is 0 Å². The van der Waals surface area contributed by atoms with Crippen molar-refractivity contribution in [1.82, 2.24) is 0 Å². The van der Waals surface area contributed by atoms with Gasteiger partial charge in [-0.05, 0) is 31.0 Å². The molecule has 17 heavy (non-hydrogen) atoms. The summed E-state index contributed by atoms with van der Waals surface area (Å²) in [5.41, 5.74) is 6.51. The molecule has 0 amide bonds. The summed E-state index contributed by atoms with van der Waals surface area (Å²) in [5.74, 6) is 0.173. The lowest BCUT2D eigenvalue weighted by Gasteiger charge is -2.12. The molecule has 1 aliphatic carbocycles. The predicted octanol–water partition coefficient (Wildman–Crippen LogP) is 3.58. The van der Waals surface area contributed by atoms with Crippen LogP contribution in [-0.2, 0) is 0 Å². The quantitative estimate of drug-likeness (QED) is 0.388. The second kappa shape index (κ2) is 5.78. The zero-order valence-corrected chi connectivity index (χ0v) is 11.8. The van der Waals surface area contributed by atoms with E-state index >= 15 is 0 Å². The molecule has 1 aromatic carbocycles. The van der Waals surface area contributed by atoms with Crippen LogP contribution >= 0.6 is 27.7 Å². The van der Waals surface area contributed by atoms with Crippen LogP contribution in [-0.4, -0.2) is 16.3 Å². The van der Waals surface area contributed by atoms with Crippen molar-refractivity contribution in [2.45, 2.75) is 35.8 Å². The van der Waals surface area contributed by atoms with Crippen molar-refractivity contribution in [2.75, 3.05) is 0 Å². The third-order valence-corrected chi connectivity index (χ3v) is 4.83. The van der Waals surface area contributed by atoms with Crippen molar-refractivity contribution in [3.05, 3.63) is 28.2 Å². The maximum absolute atomic E-state index is 8.80. The molecule has 0 radical (unpaired) electrons. The molecule has 0 unspecified atom stereocenters. The van der Waals surface area contributed by atoms with E-state index in [9.17, 15) is 0 Å². The first-order valence-corrected chi connectivity index (χ1v) is 7.32. The van der Waals surface area contributed by atoms with E-state index in [1.807, 2.05) is 30.0 Å². The van der Waals surface area contributed by atoms with Gasteiger partial charge in [0.2, 0.25) is 0 Å².